The van der Waals surface area contributed by atoms with E-state index in [-0.39, 0.29) is 5.41 Å². The van der Waals surface area contributed by atoms with Gasteiger partial charge in [0.05, 0.1) is 39.0 Å². The number of nitrogens with zero attached hydrogens (tertiary/aromatic N) is 6. The highest BCUT2D eigenvalue weighted by Gasteiger charge is 2.46. The molecule has 6 heteroatoms. The standard InChI is InChI=1S/C49H32N2.C39H28N2.C38H24N2/c1-5-15-34(16-6-1)46-42-30-27-33-25-26-36(31-43(33)47(42)51-48(50-46)35-17-7-2-8-18-35)37-28-29-41-40-23-13-14-24-44(40)49(45(41)32-37,38-19-9-3-10-20-38)39-21-11-4-12-22-39;1-39(2)34-16-10-9-15-30(34)31-21-20-29(24-35(31)39)28-18-17-25-19-22-32-36(26-11-5-3-6-12-26)40-38(27-13-7-4-8-14-27)41-37(32)33(25)23-28;1-3-11-26(12-4-1)36-33-22-21-25-19-20-29(24-35(25)37(33)40-38(39-36)27-13-5-2-6-14-27)34-23-28-15-7-8-16-30(28)31-17-9-10-18-32(31)34/h1-32H;3-24H,1-2H3;1-24H. The molecule has 0 aliphatic heterocycles. The van der Waals surface area contributed by atoms with Crippen LogP contribution in [0.2, 0.25) is 0 Å². The second-order valence-electron chi connectivity index (χ2n) is 35.0. The highest BCUT2D eigenvalue weighted by atomic mass is 14.9. The van der Waals surface area contributed by atoms with Gasteiger partial charge in [-0.15, -0.1) is 0 Å². The molecule has 3 aromatic heterocycles. The minimum atomic E-state index is -0.448. The Morgan fingerprint density at radius 3 is 0.902 bits per heavy atom. The first-order valence-electron chi connectivity index (χ1n) is 45.3. The normalized spacial score (nSPS) is 12.6. The number of aromatic nitrogens is 6. The number of rotatable bonds is 11. The summed E-state index contributed by atoms with van der Waals surface area (Å²) in [5.74, 6) is 2.21. The van der Waals surface area contributed by atoms with E-state index in [0.29, 0.717) is 0 Å². The highest BCUT2D eigenvalue weighted by molar-refractivity contribution is 6.17. The topological polar surface area (TPSA) is 77.3 Å². The molecule has 3 heterocycles. The highest BCUT2D eigenvalue weighted by Crippen LogP contribution is 2.58. The van der Waals surface area contributed by atoms with Gasteiger partial charge in [-0.2, -0.15) is 0 Å². The molecule has 0 saturated carbocycles. The third-order valence-corrected chi connectivity index (χ3v) is 27.1. The molecule has 0 unspecified atom stereocenters. The molecular formula is C126H84N6. The molecule has 26 rings (SSSR count). The van der Waals surface area contributed by atoms with Crippen molar-refractivity contribution in [3.63, 3.8) is 0 Å². The van der Waals surface area contributed by atoms with Gasteiger partial charge in [-0.25, -0.2) is 29.9 Å². The molecule has 0 atom stereocenters. The number of fused-ring (bicyclic) bond motifs is 18. The summed E-state index contributed by atoms with van der Waals surface area (Å²) in [5.41, 5.74) is 31.9. The quantitative estimate of drug-likeness (QED) is 0.120. The molecule has 0 N–H and O–H groups in total. The van der Waals surface area contributed by atoms with Crippen LogP contribution in [-0.4, -0.2) is 29.9 Å². The van der Waals surface area contributed by atoms with Gasteiger partial charge >= 0.3 is 0 Å². The van der Waals surface area contributed by atoms with Gasteiger partial charge in [0, 0.05) is 71.1 Å². The predicted octanol–water partition coefficient (Wildman–Crippen LogP) is 32.3. The van der Waals surface area contributed by atoms with Crippen molar-refractivity contribution < 1.29 is 0 Å². The first-order valence-corrected chi connectivity index (χ1v) is 45.3. The summed E-state index contributed by atoms with van der Waals surface area (Å²) >= 11 is 0. The monoisotopic (exact) mass is 1680 g/mol. The van der Waals surface area contributed by atoms with Crippen LogP contribution in [0.5, 0.6) is 0 Å². The fraction of sp³-hybridized carbons (Fsp3) is 0.0317. The smallest absolute Gasteiger partial charge is 0.160 e. The summed E-state index contributed by atoms with van der Waals surface area (Å²) in [6, 6.07) is 169. The molecule has 0 fully saturated rings. The lowest BCUT2D eigenvalue weighted by Gasteiger charge is -2.34. The minimum Gasteiger partial charge on any atom is -0.227 e. The largest absolute Gasteiger partial charge is 0.227 e. The van der Waals surface area contributed by atoms with E-state index in [4.69, 9.17) is 29.9 Å². The molecule has 6 nitrogen and oxygen atoms in total. The number of benzene rings is 21. The van der Waals surface area contributed by atoms with Gasteiger partial charge in [0.1, 0.15) is 0 Å². The molecule has 24 aromatic rings. The Morgan fingerprint density at radius 1 is 0.159 bits per heavy atom. The third kappa shape index (κ3) is 13.6. The van der Waals surface area contributed by atoms with Gasteiger partial charge in [-0.3, -0.25) is 0 Å². The molecule has 618 valence electrons. The van der Waals surface area contributed by atoms with Crippen molar-refractivity contribution in [2.45, 2.75) is 24.7 Å². The van der Waals surface area contributed by atoms with Crippen molar-refractivity contribution in [2.24, 2.45) is 0 Å². The van der Waals surface area contributed by atoms with E-state index in [1.54, 1.807) is 0 Å². The van der Waals surface area contributed by atoms with Crippen molar-refractivity contribution in [1.82, 2.24) is 29.9 Å². The zero-order chi connectivity index (χ0) is 87.8. The van der Waals surface area contributed by atoms with Gasteiger partial charge in [-0.05, 0) is 181 Å². The number of hydrogen-bond acceptors (Lipinski definition) is 6. The molecule has 2 aliphatic rings. The summed E-state index contributed by atoms with van der Waals surface area (Å²) in [6.07, 6.45) is 0. The average molecular weight is 1680 g/mol. The van der Waals surface area contributed by atoms with Gasteiger partial charge in [0.2, 0.25) is 0 Å². The minimum absolute atomic E-state index is 0.0339. The molecule has 2 aliphatic carbocycles. The van der Waals surface area contributed by atoms with Crippen LogP contribution in [0.1, 0.15) is 47.2 Å². The van der Waals surface area contributed by atoms with Crippen LogP contribution in [0, 0.1) is 0 Å². The SMILES string of the molecule is CC1(C)c2ccccc2-c2ccc(-c3ccc4ccc5c(-c6ccccc6)nc(-c6ccccc6)nc5c4c3)cc21.c1ccc(-c2nc(-c3ccccc3)c3ccc4ccc(-c5cc6ccccc6c6ccccc56)cc4c3n2)cc1.c1ccc(-c2nc(-c3ccccc3)c3ccc4ccc(-c5ccc6c(c5)C(c5ccccc5)(c5ccccc5)c5ccccc5-6)cc4c3n2)cc1. The zero-order valence-electron chi connectivity index (χ0n) is 72.7. The molecule has 21 aromatic carbocycles. The first-order chi connectivity index (χ1) is 65.2. The summed E-state index contributed by atoms with van der Waals surface area (Å²) in [6.45, 7) is 4.67. The lowest BCUT2D eigenvalue weighted by Crippen LogP contribution is -2.28. The van der Waals surface area contributed by atoms with Crippen LogP contribution >= 0.6 is 0 Å². The first kappa shape index (κ1) is 78.4. The van der Waals surface area contributed by atoms with Gasteiger partial charge in [0.15, 0.2) is 17.5 Å². The lowest BCUT2D eigenvalue weighted by molar-refractivity contribution is 0.660. The Bertz CT molecular complexity index is 8590. The van der Waals surface area contributed by atoms with Crippen LogP contribution < -0.4 is 0 Å². The van der Waals surface area contributed by atoms with E-state index in [0.717, 1.165) is 133 Å². The van der Waals surface area contributed by atoms with E-state index in [1.165, 1.54) is 110 Å². The summed E-state index contributed by atoms with van der Waals surface area (Å²) in [7, 11) is 0. The molecular weight excluding hydrogens is 1600 g/mol. The van der Waals surface area contributed by atoms with Crippen LogP contribution in [0.15, 0.2) is 473 Å². The van der Waals surface area contributed by atoms with Crippen molar-refractivity contribution in [1.29, 1.82) is 0 Å². The second-order valence-corrected chi connectivity index (χ2v) is 35.0. The summed E-state index contributed by atoms with van der Waals surface area (Å²) in [4.78, 5) is 31.0. The molecule has 0 bridgehead atoms. The number of hydrogen-bond donors (Lipinski definition) is 0. The Morgan fingerprint density at radius 2 is 0.462 bits per heavy atom. The van der Waals surface area contributed by atoms with Crippen molar-refractivity contribution >= 4 is 86.6 Å². The van der Waals surface area contributed by atoms with E-state index in [2.05, 4.69) is 414 Å². The molecule has 0 saturated heterocycles. The molecule has 0 radical (unpaired) electrons. The van der Waals surface area contributed by atoms with E-state index < -0.39 is 5.41 Å². The summed E-state index contributed by atoms with van der Waals surface area (Å²) < 4.78 is 0. The Kier molecular flexibility index (Phi) is 19.4. The third-order valence-electron chi connectivity index (χ3n) is 27.1. The van der Waals surface area contributed by atoms with Crippen LogP contribution in [0.4, 0.5) is 0 Å². The Labute approximate surface area is 766 Å². The van der Waals surface area contributed by atoms with Crippen LogP contribution in [0.25, 0.3) is 210 Å². The molecule has 0 spiro atoms. The van der Waals surface area contributed by atoms with Crippen molar-refractivity contribution in [3.8, 4) is 124 Å². The predicted molar refractivity (Wildman–Crippen MR) is 550 cm³/mol. The van der Waals surface area contributed by atoms with E-state index >= 15 is 0 Å². The lowest BCUT2D eigenvalue weighted by atomic mass is 9.67. The molecule has 132 heavy (non-hydrogen) atoms. The zero-order valence-corrected chi connectivity index (χ0v) is 72.7. The maximum atomic E-state index is 5.27. The fourth-order valence-corrected chi connectivity index (χ4v) is 20.7. The molecule has 0 amide bonds. The van der Waals surface area contributed by atoms with Gasteiger partial charge in [0.25, 0.3) is 0 Å². The van der Waals surface area contributed by atoms with Crippen LogP contribution in [-0.2, 0) is 10.8 Å². The summed E-state index contributed by atoms with van der Waals surface area (Å²) in [5, 5.41) is 15.1. The fourth-order valence-electron chi connectivity index (χ4n) is 20.7. The van der Waals surface area contributed by atoms with Crippen molar-refractivity contribution in [3.05, 3.63) is 507 Å². The Hall–Kier alpha value is -17.1. The van der Waals surface area contributed by atoms with Crippen molar-refractivity contribution in [2.75, 3.05) is 0 Å². The maximum Gasteiger partial charge on any atom is 0.160 e. The average Bonchev–Trinajstić information content (AvgIpc) is 1.52. The maximum absolute atomic E-state index is 5.27. The van der Waals surface area contributed by atoms with Crippen LogP contribution in [0.3, 0.4) is 0 Å². The Balaban J connectivity index is 0.000000110. The van der Waals surface area contributed by atoms with Gasteiger partial charge < -0.3 is 0 Å². The van der Waals surface area contributed by atoms with E-state index in [1.807, 2.05) is 72.8 Å². The van der Waals surface area contributed by atoms with Gasteiger partial charge in [-0.1, -0.05) is 432 Å². The van der Waals surface area contributed by atoms with E-state index in [9.17, 15) is 0 Å². The second kappa shape index (κ2) is 32.7.